The molecule has 0 heterocycles. The predicted molar refractivity (Wildman–Crippen MR) is 77.6 cm³/mol. The van der Waals surface area contributed by atoms with Gasteiger partial charge in [-0.15, -0.1) is 0 Å². The Balaban J connectivity index is 2.72. The first-order valence-corrected chi connectivity index (χ1v) is 6.92. The number of carbonyl (C=O) groups excluding carboxylic acids is 1. The number of carboxylic acid groups (broad SMARTS) is 1. The van der Waals surface area contributed by atoms with Crippen LogP contribution >= 0.6 is 22.6 Å². The molecule has 0 radical (unpaired) electrons. The van der Waals surface area contributed by atoms with Crippen molar-refractivity contribution in [3.63, 3.8) is 0 Å². The molecule has 0 spiro atoms. The third-order valence-electron chi connectivity index (χ3n) is 2.57. The number of hydrogen-bond donors (Lipinski definition) is 2. The minimum absolute atomic E-state index is 0.330. The molecular weight excluding hydrogens is 345 g/mol. The minimum Gasteiger partial charge on any atom is -0.480 e. The van der Waals surface area contributed by atoms with Gasteiger partial charge in [0.15, 0.2) is 0 Å². The molecule has 0 aliphatic carbocycles. The van der Waals surface area contributed by atoms with Crippen LogP contribution in [0.15, 0.2) is 24.3 Å². The number of halogens is 1. The Labute approximate surface area is 120 Å². The second kappa shape index (κ2) is 7.35. The van der Waals surface area contributed by atoms with Crippen molar-refractivity contribution in [2.24, 2.45) is 0 Å². The largest absolute Gasteiger partial charge is 0.480 e. The lowest BCUT2D eigenvalue weighted by Gasteiger charge is -2.14. The summed E-state index contributed by atoms with van der Waals surface area (Å²) in [6.45, 7) is 1.99. The number of hydrogen-bond acceptors (Lipinski definition) is 2. The summed E-state index contributed by atoms with van der Waals surface area (Å²) in [5, 5.41) is 11.6. The molecule has 5 heteroatoms. The highest BCUT2D eigenvalue weighted by atomic mass is 127. The quantitative estimate of drug-likeness (QED) is 0.766. The molecule has 1 amide bonds. The molecule has 0 fully saturated rings. The molecule has 0 unspecified atom stereocenters. The van der Waals surface area contributed by atoms with Crippen molar-refractivity contribution < 1.29 is 14.7 Å². The van der Waals surface area contributed by atoms with Crippen LogP contribution in [0.2, 0.25) is 0 Å². The van der Waals surface area contributed by atoms with Gasteiger partial charge in [-0.1, -0.05) is 31.9 Å². The van der Waals surface area contributed by atoms with Crippen molar-refractivity contribution in [1.29, 1.82) is 0 Å². The SMILES string of the molecule is CCCC[C@H](NC(=O)c1ccccc1I)C(=O)O. The highest BCUT2D eigenvalue weighted by Crippen LogP contribution is 2.12. The molecule has 18 heavy (non-hydrogen) atoms. The second-order valence-electron chi connectivity index (χ2n) is 3.99. The van der Waals surface area contributed by atoms with Gasteiger partial charge in [0.05, 0.1) is 5.56 Å². The van der Waals surface area contributed by atoms with Crippen LogP contribution in [0.4, 0.5) is 0 Å². The Morgan fingerprint density at radius 2 is 2.06 bits per heavy atom. The minimum atomic E-state index is -0.984. The van der Waals surface area contributed by atoms with Crippen LogP contribution in [0, 0.1) is 3.57 Å². The third kappa shape index (κ3) is 4.29. The summed E-state index contributed by atoms with van der Waals surface area (Å²) in [5.41, 5.74) is 0.515. The Kier molecular flexibility index (Phi) is 6.11. The summed E-state index contributed by atoms with van der Waals surface area (Å²) in [6.07, 6.45) is 2.15. The fraction of sp³-hybridized carbons (Fsp3) is 0.385. The fourth-order valence-corrected chi connectivity index (χ4v) is 2.18. The Morgan fingerprint density at radius 3 is 2.61 bits per heavy atom. The lowest BCUT2D eigenvalue weighted by atomic mass is 10.1. The van der Waals surface area contributed by atoms with Gasteiger partial charge in [0, 0.05) is 3.57 Å². The summed E-state index contributed by atoms with van der Waals surface area (Å²) in [5.74, 6) is -1.31. The molecule has 2 N–H and O–H groups in total. The molecule has 0 aliphatic heterocycles. The van der Waals surface area contributed by atoms with Crippen LogP contribution in [0.1, 0.15) is 36.5 Å². The van der Waals surface area contributed by atoms with E-state index in [9.17, 15) is 9.59 Å². The van der Waals surface area contributed by atoms with Crippen LogP contribution < -0.4 is 5.32 Å². The number of aliphatic carboxylic acids is 1. The summed E-state index contributed by atoms with van der Waals surface area (Å²) < 4.78 is 0.812. The molecule has 4 nitrogen and oxygen atoms in total. The average molecular weight is 361 g/mol. The van der Waals surface area contributed by atoms with Gasteiger partial charge in [-0.25, -0.2) is 4.79 Å². The molecule has 1 aromatic carbocycles. The van der Waals surface area contributed by atoms with Gasteiger partial charge in [-0.2, -0.15) is 0 Å². The zero-order valence-corrected chi connectivity index (χ0v) is 12.3. The van der Waals surface area contributed by atoms with Gasteiger partial charge in [0.1, 0.15) is 6.04 Å². The maximum Gasteiger partial charge on any atom is 0.326 e. The van der Waals surface area contributed by atoms with E-state index >= 15 is 0 Å². The Hall–Kier alpha value is -1.11. The summed E-state index contributed by atoms with van der Waals surface area (Å²) in [6, 6.07) is 6.30. The monoisotopic (exact) mass is 361 g/mol. The zero-order chi connectivity index (χ0) is 13.5. The van der Waals surface area contributed by atoms with E-state index in [2.05, 4.69) is 27.9 Å². The first kappa shape index (κ1) is 14.9. The zero-order valence-electron chi connectivity index (χ0n) is 10.1. The van der Waals surface area contributed by atoms with Crippen LogP contribution in [0.25, 0.3) is 0 Å². The van der Waals surface area contributed by atoms with E-state index in [1.807, 2.05) is 19.1 Å². The van der Waals surface area contributed by atoms with E-state index in [1.54, 1.807) is 12.1 Å². The molecule has 0 aliphatic rings. The van der Waals surface area contributed by atoms with E-state index in [0.29, 0.717) is 12.0 Å². The van der Waals surface area contributed by atoms with Gasteiger partial charge in [-0.3, -0.25) is 4.79 Å². The van der Waals surface area contributed by atoms with Crippen molar-refractivity contribution in [3.8, 4) is 0 Å². The van der Waals surface area contributed by atoms with E-state index in [1.165, 1.54) is 0 Å². The third-order valence-corrected chi connectivity index (χ3v) is 3.51. The lowest BCUT2D eigenvalue weighted by molar-refractivity contribution is -0.139. The van der Waals surface area contributed by atoms with Gasteiger partial charge < -0.3 is 10.4 Å². The molecule has 1 rings (SSSR count). The maximum absolute atomic E-state index is 12.0. The number of benzene rings is 1. The summed E-state index contributed by atoms with van der Waals surface area (Å²) in [4.78, 5) is 23.0. The number of nitrogens with one attached hydrogen (secondary N) is 1. The molecule has 98 valence electrons. The number of amides is 1. The van der Waals surface area contributed by atoms with E-state index in [-0.39, 0.29) is 5.91 Å². The normalized spacial score (nSPS) is 11.9. The smallest absolute Gasteiger partial charge is 0.326 e. The molecule has 0 saturated carbocycles. The first-order valence-electron chi connectivity index (χ1n) is 5.84. The van der Waals surface area contributed by atoms with Crippen LogP contribution in [-0.4, -0.2) is 23.0 Å². The lowest BCUT2D eigenvalue weighted by Crippen LogP contribution is -2.41. The fourth-order valence-electron chi connectivity index (χ4n) is 1.55. The van der Waals surface area contributed by atoms with Crippen LogP contribution in [-0.2, 0) is 4.79 Å². The van der Waals surface area contributed by atoms with Crippen LogP contribution in [0.3, 0.4) is 0 Å². The molecular formula is C13H16INO3. The average Bonchev–Trinajstić information content (AvgIpc) is 2.34. The number of unbranched alkanes of at least 4 members (excludes halogenated alkanes) is 1. The summed E-state index contributed by atoms with van der Waals surface area (Å²) in [7, 11) is 0. The van der Waals surface area contributed by atoms with Crippen molar-refractivity contribution in [3.05, 3.63) is 33.4 Å². The van der Waals surface area contributed by atoms with E-state index in [4.69, 9.17) is 5.11 Å². The molecule has 0 bridgehead atoms. The number of rotatable bonds is 6. The standard InChI is InChI=1S/C13H16INO3/c1-2-3-8-11(13(17)18)15-12(16)9-6-4-5-7-10(9)14/h4-7,11H,2-3,8H2,1H3,(H,15,16)(H,17,18)/t11-/m0/s1. The van der Waals surface area contributed by atoms with Gasteiger partial charge >= 0.3 is 5.97 Å². The van der Waals surface area contributed by atoms with Crippen molar-refractivity contribution in [2.45, 2.75) is 32.2 Å². The Morgan fingerprint density at radius 1 is 1.39 bits per heavy atom. The highest BCUT2D eigenvalue weighted by Gasteiger charge is 2.20. The molecule has 0 aromatic heterocycles. The highest BCUT2D eigenvalue weighted by molar-refractivity contribution is 14.1. The molecule has 1 aromatic rings. The number of carbonyl (C=O) groups is 2. The van der Waals surface area contributed by atoms with Crippen LogP contribution in [0.5, 0.6) is 0 Å². The molecule has 1 atom stereocenters. The second-order valence-corrected chi connectivity index (χ2v) is 5.15. The van der Waals surface area contributed by atoms with E-state index < -0.39 is 12.0 Å². The van der Waals surface area contributed by atoms with Crippen molar-refractivity contribution in [2.75, 3.05) is 0 Å². The number of carboxylic acids is 1. The first-order chi connectivity index (χ1) is 8.56. The summed E-state index contributed by atoms with van der Waals surface area (Å²) >= 11 is 2.06. The Bertz CT molecular complexity index is 434. The van der Waals surface area contributed by atoms with Gasteiger partial charge in [-0.05, 0) is 41.1 Å². The topological polar surface area (TPSA) is 66.4 Å². The van der Waals surface area contributed by atoms with Gasteiger partial charge in [0.2, 0.25) is 0 Å². The van der Waals surface area contributed by atoms with Crippen molar-refractivity contribution in [1.82, 2.24) is 5.32 Å². The van der Waals surface area contributed by atoms with Gasteiger partial charge in [0.25, 0.3) is 5.91 Å². The van der Waals surface area contributed by atoms with Crippen molar-refractivity contribution >= 4 is 34.5 Å². The molecule has 0 saturated heterocycles. The predicted octanol–water partition coefficient (Wildman–Crippen LogP) is 2.66. The van der Waals surface area contributed by atoms with E-state index in [0.717, 1.165) is 16.4 Å². The maximum atomic E-state index is 12.0.